The number of hydrogen-bond donors (Lipinski definition) is 6. The molecule has 1 aliphatic heterocycles. The van der Waals surface area contributed by atoms with E-state index < -0.39 is 20.7 Å². The van der Waals surface area contributed by atoms with E-state index in [4.69, 9.17) is 21.1 Å². The predicted octanol–water partition coefficient (Wildman–Crippen LogP) is 7.89. The number of aromatic nitrogens is 2. The van der Waals surface area contributed by atoms with Crippen LogP contribution in [0.5, 0.6) is 11.5 Å². The van der Waals surface area contributed by atoms with Crippen LogP contribution in [0.1, 0.15) is 61.9 Å². The second-order valence-corrected chi connectivity index (χ2v) is 19.6. The molecular weight excluding hydrogens is 844 g/mol. The molecule has 1 saturated heterocycles. The van der Waals surface area contributed by atoms with Gasteiger partial charge in [0, 0.05) is 68.2 Å². The minimum Gasteiger partial charge on any atom is -0.593 e. The molecule has 1 amide bonds. The quantitative estimate of drug-likeness (QED) is 0.0301. The highest BCUT2D eigenvalue weighted by atomic mass is 35.5. The van der Waals surface area contributed by atoms with Gasteiger partial charge in [0.05, 0.1) is 46.0 Å². The predicted molar refractivity (Wildman–Crippen MR) is 247 cm³/mol. The van der Waals surface area contributed by atoms with Gasteiger partial charge in [-0.05, 0) is 97.2 Å². The van der Waals surface area contributed by atoms with Crippen LogP contribution in [0.25, 0.3) is 16.5 Å². The molecule has 63 heavy (non-hydrogen) atoms. The number of fused-ring (bicyclic) bond motifs is 1. The largest absolute Gasteiger partial charge is 0.593 e. The van der Waals surface area contributed by atoms with Crippen molar-refractivity contribution in [3.63, 3.8) is 0 Å². The van der Waals surface area contributed by atoms with Crippen LogP contribution in [0.15, 0.2) is 95.5 Å². The Balaban J connectivity index is 0.965. The highest BCUT2D eigenvalue weighted by molar-refractivity contribution is 7.90. The number of H-pyrrole nitrogens is 1. The second kappa shape index (κ2) is 18.6. The Hall–Kier alpha value is -5.04. The van der Waals surface area contributed by atoms with Crippen molar-refractivity contribution in [3.8, 4) is 11.5 Å². The molecule has 5 aromatic rings. The Kier molecular flexibility index (Phi) is 13.1. The molecule has 334 valence electrons. The maximum absolute atomic E-state index is 13.9. The molecule has 1 aromatic heterocycles. The number of sulfonamides is 1. The van der Waals surface area contributed by atoms with E-state index in [0.717, 1.165) is 52.0 Å². The monoisotopic (exact) mass is 898 g/mol. The number of rotatable bonds is 17. The molecule has 0 radical (unpaired) electrons. The molecular formula is C46H55ClN8O7S. The van der Waals surface area contributed by atoms with E-state index in [1.54, 1.807) is 30.5 Å². The highest BCUT2D eigenvalue weighted by Crippen LogP contribution is 2.43. The van der Waals surface area contributed by atoms with E-state index in [-0.39, 0.29) is 39.1 Å². The number of carbonyl (C=O) groups is 1. The molecule has 1 saturated carbocycles. The Morgan fingerprint density at radius 1 is 1.06 bits per heavy atom. The zero-order valence-electron chi connectivity index (χ0n) is 35.7. The molecule has 8 rings (SSSR count). The first kappa shape index (κ1) is 44.6. The maximum atomic E-state index is 13.9. The Bertz CT molecular complexity index is 2590. The lowest BCUT2D eigenvalue weighted by atomic mass is 9.72. The van der Waals surface area contributed by atoms with Crippen molar-refractivity contribution in [1.82, 2.24) is 29.9 Å². The third kappa shape index (κ3) is 11.0. The molecule has 15 nitrogen and oxygen atoms in total. The summed E-state index contributed by atoms with van der Waals surface area (Å²) in [4.78, 5) is 14.0. The SMILES string of the molecule is CC1(C)CCC(CNCCNc2ccc(C(=O)NS(=O)(=O)c3ccc(NCC4CN(C5CC5)CCO4)c([N+](C)([O-])O)c3)c(Oc3cccc4[nH]ncc34)c2)=C(c2ccc(Cl)cc2)C1. The number of benzene rings is 4. The van der Waals surface area contributed by atoms with E-state index in [2.05, 4.69) is 61.7 Å². The van der Waals surface area contributed by atoms with Crippen molar-refractivity contribution in [3.05, 3.63) is 112 Å². The van der Waals surface area contributed by atoms with Crippen LogP contribution in [0.2, 0.25) is 5.02 Å². The van der Waals surface area contributed by atoms with Gasteiger partial charge in [-0.2, -0.15) is 9.91 Å². The maximum Gasteiger partial charge on any atom is 0.268 e. The number of hydrogen-bond acceptors (Lipinski definition) is 12. The minimum atomic E-state index is -4.56. The molecule has 2 heterocycles. The third-order valence-electron chi connectivity index (χ3n) is 11.9. The summed E-state index contributed by atoms with van der Waals surface area (Å²) in [6.07, 6.45) is 6.91. The number of quaternary nitrogens is 1. The zero-order valence-corrected chi connectivity index (χ0v) is 37.3. The standard InChI is InChI=1S/C46H55ClN8O7S/c1-46(2)18-17-31(38(25-46)30-7-9-32(47)10-8-30)26-48-19-20-49-33-11-15-37(44(23-33)62-43-6-4-5-40-39(43)28-51-52-40)45(56)53-63(59,60)36-14-16-41(42(24-36)55(3,57)58)50-27-35-29-54(21-22-61-35)34-12-13-34/h4-11,14-16,23-24,28,34-35,48-50,57H,12-13,17-22,25-27,29H2,1-3H3,(H,51,52)(H,53,56). The van der Waals surface area contributed by atoms with Gasteiger partial charge in [-0.1, -0.05) is 49.2 Å². The summed E-state index contributed by atoms with van der Waals surface area (Å²) < 4.78 is 42.0. The van der Waals surface area contributed by atoms with Crippen LogP contribution in [-0.4, -0.2) is 99.7 Å². The lowest BCUT2D eigenvalue weighted by molar-refractivity contribution is -0.0243. The lowest BCUT2D eigenvalue weighted by Crippen LogP contribution is -2.46. The molecule has 3 aliphatic rings. The molecule has 2 fully saturated rings. The van der Waals surface area contributed by atoms with Gasteiger partial charge in [-0.3, -0.25) is 14.8 Å². The first-order valence-corrected chi connectivity index (χ1v) is 23.2. The van der Waals surface area contributed by atoms with E-state index in [9.17, 15) is 23.6 Å². The number of hydroxylamine groups is 2. The molecule has 17 heteroatoms. The fraction of sp³-hybridized carbons (Fsp3) is 0.391. The molecule has 4 aromatic carbocycles. The fourth-order valence-electron chi connectivity index (χ4n) is 8.34. The molecule has 2 aliphatic carbocycles. The fourth-order valence-corrected chi connectivity index (χ4v) is 9.45. The number of nitrogens with one attached hydrogen (secondary N) is 5. The average Bonchev–Trinajstić information content (AvgIpc) is 3.99. The van der Waals surface area contributed by atoms with Crippen LogP contribution in [0.4, 0.5) is 17.1 Å². The molecule has 0 bridgehead atoms. The van der Waals surface area contributed by atoms with E-state index in [1.165, 1.54) is 47.8 Å². The number of halogens is 1. The smallest absolute Gasteiger partial charge is 0.268 e. The molecule has 2 unspecified atom stereocenters. The van der Waals surface area contributed by atoms with Gasteiger partial charge < -0.3 is 30.6 Å². The third-order valence-corrected chi connectivity index (χ3v) is 13.5. The summed E-state index contributed by atoms with van der Waals surface area (Å²) in [7, 11) is -3.58. The first-order valence-electron chi connectivity index (χ1n) is 21.4. The minimum absolute atomic E-state index is 0.0533. The number of anilines is 2. The topological polar surface area (TPSA) is 193 Å². The zero-order chi connectivity index (χ0) is 44.4. The van der Waals surface area contributed by atoms with Gasteiger partial charge in [-0.25, -0.2) is 18.3 Å². The van der Waals surface area contributed by atoms with Gasteiger partial charge in [0.25, 0.3) is 15.9 Å². The van der Waals surface area contributed by atoms with Crippen LogP contribution in [0.3, 0.4) is 0 Å². The molecule has 0 spiro atoms. The summed E-state index contributed by atoms with van der Waals surface area (Å²) in [5.41, 5.74) is 5.46. The van der Waals surface area contributed by atoms with Crippen molar-refractivity contribution in [2.45, 2.75) is 63.0 Å². The summed E-state index contributed by atoms with van der Waals surface area (Å²) in [5, 5.41) is 42.0. The van der Waals surface area contributed by atoms with E-state index in [0.29, 0.717) is 59.6 Å². The number of morpholine rings is 1. The Morgan fingerprint density at radius 2 is 1.87 bits per heavy atom. The van der Waals surface area contributed by atoms with Crippen molar-refractivity contribution < 1.29 is 27.9 Å². The van der Waals surface area contributed by atoms with E-state index in [1.807, 2.05) is 18.2 Å². The Labute approximate surface area is 373 Å². The number of ether oxygens (including phenoxy) is 2. The van der Waals surface area contributed by atoms with E-state index >= 15 is 0 Å². The number of amides is 1. The number of carbonyl (C=O) groups excluding carboxylic acids is 1. The van der Waals surface area contributed by atoms with Crippen LogP contribution < -0.4 is 30.2 Å². The van der Waals surface area contributed by atoms with Crippen molar-refractivity contribution in [1.29, 1.82) is 0 Å². The molecule has 6 N–H and O–H groups in total. The lowest BCUT2D eigenvalue weighted by Gasteiger charge is -2.34. The number of aromatic amines is 1. The molecule has 2 atom stereocenters. The first-order chi connectivity index (χ1) is 30.1. The normalized spacial score (nSPS) is 19.1. The van der Waals surface area contributed by atoms with Gasteiger partial charge >= 0.3 is 0 Å². The number of nitrogens with zero attached hydrogens (tertiary/aromatic N) is 3. The van der Waals surface area contributed by atoms with Crippen molar-refractivity contribution in [2.24, 2.45) is 5.41 Å². The summed E-state index contributed by atoms with van der Waals surface area (Å²) in [5.74, 6) is -0.458. The van der Waals surface area contributed by atoms with Gasteiger partial charge in [0.15, 0.2) is 5.69 Å². The van der Waals surface area contributed by atoms with Crippen LogP contribution >= 0.6 is 11.6 Å². The van der Waals surface area contributed by atoms with Crippen LogP contribution in [-0.2, 0) is 14.8 Å². The Morgan fingerprint density at radius 3 is 2.65 bits per heavy atom. The highest BCUT2D eigenvalue weighted by Gasteiger charge is 2.34. The van der Waals surface area contributed by atoms with Gasteiger partial charge in [-0.15, -0.1) is 0 Å². The van der Waals surface area contributed by atoms with Gasteiger partial charge in [0.2, 0.25) is 0 Å². The summed E-state index contributed by atoms with van der Waals surface area (Å²) in [6.45, 7) is 9.09. The van der Waals surface area contributed by atoms with Gasteiger partial charge in [0.1, 0.15) is 18.5 Å². The van der Waals surface area contributed by atoms with Crippen molar-refractivity contribution in [2.75, 3.05) is 63.6 Å². The summed E-state index contributed by atoms with van der Waals surface area (Å²) >= 11 is 6.20. The number of allylic oxidation sites excluding steroid dienone is 1. The van der Waals surface area contributed by atoms with Crippen LogP contribution in [0, 0.1) is 10.6 Å². The average molecular weight is 900 g/mol. The summed E-state index contributed by atoms with van der Waals surface area (Å²) in [6, 6.07) is 22.5. The van der Waals surface area contributed by atoms with Crippen molar-refractivity contribution >= 4 is 61.1 Å². The second-order valence-electron chi connectivity index (χ2n) is 17.5.